The van der Waals surface area contributed by atoms with E-state index >= 15 is 0 Å². The molecule has 100 valence electrons. The van der Waals surface area contributed by atoms with Crippen LogP contribution >= 0.6 is 11.6 Å². The van der Waals surface area contributed by atoms with Crippen molar-refractivity contribution in [1.29, 1.82) is 0 Å². The first kappa shape index (κ1) is 13.5. The lowest BCUT2D eigenvalue weighted by molar-refractivity contribution is -0.137. The Morgan fingerprint density at radius 3 is 2.47 bits per heavy atom. The highest BCUT2D eigenvalue weighted by atomic mass is 35.5. The highest BCUT2D eigenvalue weighted by Crippen LogP contribution is 2.32. The third-order valence-corrected chi connectivity index (χ3v) is 2.72. The maximum Gasteiger partial charge on any atom is 0.416 e. The summed E-state index contributed by atoms with van der Waals surface area (Å²) in [6.07, 6.45) is -4.38. The molecule has 2 aromatic carbocycles. The van der Waals surface area contributed by atoms with Gasteiger partial charge < -0.3 is 11.1 Å². The second kappa shape index (κ2) is 5.01. The second-order valence-electron chi connectivity index (χ2n) is 3.94. The summed E-state index contributed by atoms with van der Waals surface area (Å²) >= 11 is 5.81. The van der Waals surface area contributed by atoms with E-state index in [1.54, 1.807) is 18.2 Å². The van der Waals surface area contributed by atoms with Gasteiger partial charge in [0.25, 0.3) is 0 Å². The molecule has 2 nitrogen and oxygen atoms in total. The van der Waals surface area contributed by atoms with Crippen LogP contribution in [0.1, 0.15) is 5.56 Å². The predicted octanol–water partition coefficient (Wildman–Crippen LogP) is 4.68. The van der Waals surface area contributed by atoms with E-state index in [1.807, 2.05) is 0 Å². The van der Waals surface area contributed by atoms with Gasteiger partial charge in [-0.3, -0.25) is 0 Å². The third kappa shape index (κ3) is 3.32. The van der Waals surface area contributed by atoms with Crippen LogP contribution in [-0.2, 0) is 6.18 Å². The van der Waals surface area contributed by atoms with Crippen LogP contribution in [0.5, 0.6) is 0 Å². The summed E-state index contributed by atoms with van der Waals surface area (Å²) in [4.78, 5) is 0. The largest absolute Gasteiger partial charge is 0.416 e. The summed E-state index contributed by atoms with van der Waals surface area (Å²) in [6.45, 7) is 0. The van der Waals surface area contributed by atoms with Crippen molar-refractivity contribution in [2.24, 2.45) is 0 Å². The summed E-state index contributed by atoms with van der Waals surface area (Å²) in [6, 6.07) is 9.61. The molecule has 0 aromatic heterocycles. The van der Waals surface area contributed by atoms with Crippen LogP contribution in [0.15, 0.2) is 42.5 Å². The molecule has 0 radical (unpaired) electrons. The molecule has 19 heavy (non-hydrogen) atoms. The number of nitrogens with two attached hydrogens (primary N) is 1. The predicted molar refractivity (Wildman–Crippen MR) is 70.6 cm³/mol. The number of nitrogen functional groups attached to an aromatic ring is 1. The van der Waals surface area contributed by atoms with Gasteiger partial charge in [-0.1, -0.05) is 17.7 Å². The first-order valence-electron chi connectivity index (χ1n) is 5.35. The van der Waals surface area contributed by atoms with Gasteiger partial charge in [0.1, 0.15) is 0 Å². The quantitative estimate of drug-likeness (QED) is 0.786. The molecular formula is C13H10ClF3N2. The Hall–Kier alpha value is -1.88. The van der Waals surface area contributed by atoms with Crippen LogP contribution in [-0.4, -0.2) is 0 Å². The number of nitrogens with one attached hydrogen (secondary N) is 1. The number of benzene rings is 2. The standard InChI is InChI=1S/C13H10ClF3N2/c14-9-4-5-11(18)12(7-9)19-10-3-1-2-8(6-10)13(15,16)17/h1-7,19H,18H2. The fourth-order valence-corrected chi connectivity index (χ4v) is 1.74. The number of anilines is 3. The zero-order valence-corrected chi connectivity index (χ0v) is 10.4. The summed E-state index contributed by atoms with van der Waals surface area (Å²) in [5, 5.41) is 3.26. The molecule has 3 N–H and O–H groups in total. The number of halogens is 4. The summed E-state index contributed by atoms with van der Waals surface area (Å²) in [5.41, 5.74) is 6.16. The van der Waals surface area contributed by atoms with Gasteiger partial charge in [-0.15, -0.1) is 0 Å². The molecule has 2 aromatic rings. The zero-order chi connectivity index (χ0) is 14.0. The molecule has 0 amide bonds. The van der Waals surface area contributed by atoms with Crippen molar-refractivity contribution in [3.63, 3.8) is 0 Å². The SMILES string of the molecule is Nc1ccc(Cl)cc1Nc1cccc(C(F)(F)F)c1. The lowest BCUT2D eigenvalue weighted by atomic mass is 10.2. The van der Waals surface area contributed by atoms with Crippen molar-refractivity contribution in [3.05, 3.63) is 53.1 Å². The Balaban J connectivity index is 2.31. The molecule has 0 fully saturated rings. The maximum atomic E-state index is 12.6. The van der Waals surface area contributed by atoms with E-state index in [-0.39, 0.29) is 0 Å². The molecule has 0 aliphatic heterocycles. The molecule has 2 rings (SSSR count). The van der Waals surface area contributed by atoms with Gasteiger partial charge in [-0.2, -0.15) is 13.2 Å². The Morgan fingerprint density at radius 1 is 1.05 bits per heavy atom. The maximum absolute atomic E-state index is 12.6. The minimum atomic E-state index is -4.38. The Bertz CT molecular complexity index is 597. The van der Waals surface area contributed by atoms with E-state index < -0.39 is 11.7 Å². The van der Waals surface area contributed by atoms with E-state index in [0.29, 0.717) is 22.1 Å². The monoisotopic (exact) mass is 286 g/mol. The zero-order valence-electron chi connectivity index (χ0n) is 9.63. The average Bonchev–Trinajstić information content (AvgIpc) is 2.33. The molecule has 0 heterocycles. The van der Waals surface area contributed by atoms with Gasteiger partial charge in [0, 0.05) is 10.7 Å². The second-order valence-corrected chi connectivity index (χ2v) is 4.37. The van der Waals surface area contributed by atoms with Gasteiger partial charge in [-0.25, -0.2) is 0 Å². The Labute approximate surface area is 113 Å². The fourth-order valence-electron chi connectivity index (χ4n) is 1.57. The molecular weight excluding hydrogens is 277 g/mol. The number of hydrogen-bond acceptors (Lipinski definition) is 2. The molecule has 0 atom stereocenters. The summed E-state index contributed by atoms with van der Waals surface area (Å²) < 4.78 is 37.7. The van der Waals surface area contributed by atoms with Crippen molar-refractivity contribution in [3.8, 4) is 0 Å². The van der Waals surface area contributed by atoms with Crippen LogP contribution in [0.25, 0.3) is 0 Å². The highest BCUT2D eigenvalue weighted by Gasteiger charge is 2.30. The van der Waals surface area contributed by atoms with Crippen molar-refractivity contribution >= 4 is 28.7 Å². The summed E-state index contributed by atoms with van der Waals surface area (Å²) in [7, 11) is 0. The van der Waals surface area contributed by atoms with E-state index in [9.17, 15) is 13.2 Å². The van der Waals surface area contributed by atoms with Gasteiger partial charge in [0.05, 0.1) is 16.9 Å². The van der Waals surface area contributed by atoms with Crippen LogP contribution in [0.3, 0.4) is 0 Å². The fraction of sp³-hybridized carbons (Fsp3) is 0.0769. The molecule has 0 bridgehead atoms. The van der Waals surface area contributed by atoms with E-state index in [0.717, 1.165) is 12.1 Å². The lowest BCUT2D eigenvalue weighted by Crippen LogP contribution is -2.05. The van der Waals surface area contributed by atoms with E-state index in [2.05, 4.69) is 5.32 Å². The average molecular weight is 287 g/mol. The summed E-state index contributed by atoms with van der Waals surface area (Å²) in [5.74, 6) is 0. The van der Waals surface area contributed by atoms with Gasteiger partial charge in [0.15, 0.2) is 0 Å². The first-order chi connectivity index (χ1) is 8.86. The normalized spacial score (nSPS) is 11.4. The molecule has 0 aliphatic carbocycles. The topological polar surface area (TPSA) is 38.0 Å². The van der Waals surface area contributed by atoms with Gasteiger partial charge >= 0.3 is 6.18 Å². The Kier molecular flexibility index (Phi) is 3.57. The van der Waals surface area contributed by atoms with Crippen LogP contribution in [0, 0.1) is 0 Å². The highest BCUT2D eigenvalue weighted by molar-refractivity contribution is 6.31. The number of hydrogen-bond donors (Lipinski definition) is 2. The Morgan fingerprint density at radius 2 is 1.79 bits per heavy atom. The lowest BCUT2D eigenvalue weighted by Gasteiger charge is -2.12. The molecule has 0 spiro atoms. The van der Waals surface area contributed by atoms with Crippen LogP contribution in [0.4, 0.5) is 30.2 Å². The van der Waals surface area contributed by atoms with Gasteiger partial charge in [-0.05, 0) is 36.4 Å². The molecule has 0 saturated carbocycles. The first-order valence-corrected chi connectivity index (χ1v) is 5.73. The molecule has 0 aliphatic rings. The minimum Gasteiger partial charge on any atom is -0.397 e. The molecule has 0 unspecified atom stereocenters. The van der Waals surface area contributed by atoms with Gasteiger partial charge in [0.2, 0.25) is 0 Å². The van der Waals surface area contributed by atoms with Crippen LogP contribution < -0.4 is 11.1 Å². The van der Waals surface area contributed by atoms with E-state index in [1.165, 1.54) is 12.1 Å². The molecule has 0 saturated heterocycles. The smallest absolute Gasteiger partial charge is 0.397 e. The number of rotatable bonds is 2. The third-order valence-electron chi connectivity index (χ3n) is 2.48. The van der Waals surface area contributed by atoms with Crippen LogP contribution in [0.2, 0.25) is 5.02 Å². The minimum absolute atomic E-state index is 0.295. The van der Waals surface area contributed by atoms with Crippen molar-refractivity contribution in [1.82, 2.24) is 0 Å². The van der Waals surface area contributed by atoms with Crippen molar-refractivity contribution in [2.75, 3.05) is 11.1 Å². The van der Waals surface area contributed by atoms with E-state index in [4.69, 9.17) is 17.3 Å². The van der Waals surface area contributed by atoms with Crippen molar-refractivity contribution < 1.29 is 13.2 Å². The molecule has 6 heteroatoms. The number of alkyl halides is 3. The van der Waals surface area contributed by atoms with Crippen molar-refractivity contribution in [2.45, 2.75) is 6.18 Å².